The lowest BCUT2D eigenvalue weighted by Crippen LogP contribution is -2.32. The number of rotatable bonds is 6. The van der Waals surface area contributed by atoms with Crippen LogP contribution < -0.4 is 4.90 Å². The third kappa shape index (κ3) is 5.15. The molecule has 0 aromatic heterocycles. The fraction of sp³-hybridized carbons (Fsp3) is 0.538. The third-order valence-corrected chi connectivity index (χ3v) is 2.37. The van der Waals surface area contributed by atoms with E-state index in [-0.39, 0.29) is 11.9 Å². The second-order valence-corrected chi connectivity index (χ2v) is 4.39. The van der Waals surface area contributed by atoms with Crippen LogP contribution in [0.15, 0.2) is 24.3 Å². The number of anilines is 1. The fourth-order valence-corrected chi connectivity index (χ4v) is 1.47. The minimum Gasteiger partial charge on any atom is -0.389 e. The van der Waals surface area contributed by atoms with Crippen molar-refractivity contribution in [2.45, 2.75) is 26.1 Å². The topological polar surface area (TPSA) is 32.7 Å². The van der Waals surface area contributed by atoms with Gasteiger partial charge < -0.3 is 14.7 Å². The number of hydrogen-bond acceptors (Lipinski definition) is 3. The second-order valence-electron chi connectivity index (χ2n) is 4.39. The number of nitrogens with zero attached hydrogens (tertiary/aromatic N) is 1. The number of benzene rings is 1. The number of likely N-dealkylation sites (N-methyl/N-ethyl adjacent to an activating group) is 1. The summed E-state index contributed by atoms with van der Waals surface area (Å²) in [4.78, 5) is 1.87. The van der Waals surface area contributed by atoms with Crippen LogP contribution in [0.1, 0.15) is 13.8 Å². The lowest BCUT2D eigenvalue weighted by Gasteiger charge is -2.23. The first-order valence-corrected chi connectivity index (χ1v) is 5.75. The highest BCUT2D eigenvalue weighted by Crippen LogP contribution is 2.13. The fourth-order valence-electron chi connectivity index (χ4n) is 1.47. The molecule has 1 rings (SSSR count). The lowest BCUT2D eigenvalue weighted by molar-refractivity contribution is 0.00927. The highest BCUT2D eigenvalue weighted by Gasteiger charge is 2.10. The number of halogens is 1. The van der Waals surface area contributed by atoms with Gasteiger partial charge in [0.2, 0.25) is 0 Å². The number of aliphatic hydroxyl groups is 1. The maximum Gasteiger partial charge on any atom is 0.123 e. The summed E-state index contributed by atoms with van der Waals surface area (Å²) in [6, 6.07) is 6.18. The molecule has 0 heterocycles. The van der Waals surface area contributed by atoms with Gasteiger partial charge in [0.1, 0.15) is 5.82 Å². The van der Waals surface area contributed by atoms with Crippen LogP contribution in [-0.4, -0.2) is 37.5 Å². The Kier molecular flexibility index (Phi) is 5.38. The van der Waals surface area contributed by atoms with E-state index >= 15 is 0 Å². The van der Waals surface area contributed by atoms with Crippen LogP contribution in [0.25, 0.3) is 0 Å². The zero-order valence-electron chi connectivity index (χ0n) is 10.6. The van der Waals surface area contributed by atoms with E-state index in [1.807, 2.05) is 25.8 Å². The molecular weight excluding hydrogens is 221 g/mol. The molecule has 0 saturated heterocycles. The Hall–Kier alpha value is -1.13. The van der Waals surface area contributed by atoms with Gasteiger partial charge in [-0.1, -0.05) is 0 Å². The SMILES string of the molecule is CC(C)OCC(O)CN(C)c1ccc(F)cc1. The lowest BCUT2D eigenvalue weighted by atomic mass is 10.2. The number of hydrogen-bond donors (Lipinski definition) is 1. The molecule has 1 unspecified atom stereocenters. The zero-order chi connectivity index (χ0) is 12.8. The van der Waals surface area contributed by atoms with Crippen molar-refractivity contribution in [3.8, 4) is 0 Å². The van der Waals surface area contributed by atoms with Gasteiger partial charge in [-0.15, -0.1) is 0 Å². The number of aliphatic hydroxyl groups excluding tert-OH is 1. The predicted octanol–water partition coefficient (Wildman–Crippen LogP) is 2.05. The molecule has 0 aliphatic rings. The van der Waals surface area contributed by atoms with Gasteiger partial charge in [0, 0.05) is 19.3 Å². The van der Waals surface area contributed by atoms with Crippen LogP contribution >= 0.6 is 0 Å². The van der Waals surface area contributed by atoms with E-state index in [0.717, 1.165) is 5.69 Å². The van der Waals surface area contributed by atoms with Gasteiger partial charge in [-0.25, -0.2) is 4.39 Å². The summed E-state index contributed by atoms with van der Waals surface area (Å²) < 4.78 is 18.1. The van der Waals surface area contributed by atoms with Crippen LogP contribution in [0.4, 0.5) is 10.1 Å². The predicted molar refractivity (Wildman–Crippen MR) is 66.8 cm³/mol. The molecule has 4 heteroatoms. The van der Waals surface area contributed by atoms with Gasteiger partial charge in [0.25, 0.3) is 0 Å². The molecule has 1 atom stereocenters. The molecular formula is C13H20FNO2. The summed E-state index contributed by atoms with van der Waals surface area (Å²) in [5, 5.41) is 9.74. The Morgan fingerprint density at radius 1 is 1.29 bits per heavy atom. The molecule has 0 fully saturated rings. The van der Waals surface area contributed by atoms with Crippen LogP contribution in [0.2, 0.25) is 0 Å². The van der Waals surface area contributed by atoms with Gasteiger partial charge in [-0.05, 0) is 38.1 Å². The molecule has 0 amide bonds. The van der Waals surface area contributed by atoms with Gasteiger partial charge >= 0.3 is 0 Å². The van der Waals surface area contributed by atoms with Gasteiger partial charge in [-0.3, -0.25) is 0 Å². The Morgan fingerprint density at radius 2 is 1.88 bits per heavy atom. The highest BCUT2D eigenvalue weighted by molar-refractivity contribution is 5.45. The largest absolute Gasteiger partial charge is 0.389 e. The highest BCUT2D eigenvalue weighted by atomic mass is 19.1. The van der Waals surface area contributed by atoms with E-state index in [4.69, 9.17) is 4.74 Å². The zero-order valence-corrected chi connectivity index (χ0v) is 10.6. The van der Waals surface area contributed by atoms with Gasteiger partial charge in [0.05, 0.1) is 18.8 Å². The Bertz CT molecular complexity index is 327. The molecule has 0 aliphatic carbocycles. The third-order valence-electron chi connectivity index (χ3n) is 2.37. The van der Waals surface area contributed by atoms with E-state index in [1.54, 1.807) is 12.1 Å². The van der Waals surface area contributed by atoms with Crippen molar-refractivity contribution in [1.82, 2.24) is 0 Å². The summed E-state index contributed by atoms with van der Waals surface area (Å²) in [5.41, 5.74) is 0.870. The standard InChI is InChI=1S/C13H20FNO2/c1-10(2)17-9-13(16)8-15(3)12-6-4-11(14)5-7-12/h4-7,10,13,16H,8-9H2,1-3H3. The molecule has 1 N–H and O–H groups in total. The van der Waals surface area contributed by atoms with Crippen molar-refractivity contribution >= 4 is 5.69 Å². The quantitative estimate of drug-likeness (QED) is 0.827. The Morgan fingerprint density at radius 3 is 2.41 bits per heavy atom. The first kappa shape index (κ1) is 13.9. The van der Waals surface area contributed by atoms with Crippen molar-refractivity contribution in [2.24, 2.45) is 0 Å². The molecule has 0 spiro atoms. The summed E-state index contributed by atoms with van der Waals surface area (Å²) in [6.45, 7) is 4.62. The molecule has 0 aliphatic heterocycles. The summed E-state index contributed by atoms with van der Waals surface area (Å²) in [5.74, 6) is -0.258. The second kappa shape index (κ2) is 6.57. The monoisotopic (exact) mass is 241 g/mol. The normalized spacial score (nSPS) is 12.8. The summed E-state index contributed by atoms with van der Waals surface area (Å²) in [7, 11) is 1.85. The maximum absolute atomic E-state index is 12.7. The molecule has 1 aromatic carbocycles. The minimum absolute atomic E-state index is 0.112. The Balaban J connectivity index is 2.42. The average Bonchev–Trinajstić information content (AvgIpc) is 2.27. The molecule has 0 bridgehead atoms. The van der Waals surface area contributed by atoms with Crippen molar-refractivity contribution in [2.75, 3.05) is 25.1 Å². The molecule has 0 saturated carbocycles. The van der Waals surface area contributed by atoms with Crippen LogP contribution in [-0.2, 0) is 4.74 Å². The molecule has 3 nitrogen and oxygen atoms in total. The first-order valence-electron chi connectivity index (χ1n) is 5.75. The molecule has 1 aromatic rings. The summed E-state index contributed by atoms with van der Waals surface area (Å²) in [6.07, 6.45) is -0.437. The van der Waals surface area contributed by atoms with Gasteiger partial charge in [0.15, 0.2) is 0 Å². The molecule has 0 radical (unpaired) electrons. The van der Waals surface area contributed by atoms with Gasteiger partial charge in [-0.2, -0.15) is 0 Å². The Labute approximate surface area is 102 Å². The van der Waals surface area contributed by atoms with E-state index < -0.39 is 6.10 Å². The number of ether oxygens (including phenoxy) is 1. The average molecular weight is 241 g/mol. The van der Waals surface area contributed by atoms with Crippen LogP contribution in [0, 0.1) is 5.82 Å². The van der Waals surface area contributed by atoms with Crippen molar-refractivity contribution in [3.63, 3.8) is 0 Å². The van der Waals surface area contributed by atoms with Crippen LogP contribution in [0.3, 0.4) is 0 Å². The van der Waals surface area contributed by atoms with Crippen molar-refractivity contribution in [3.05, 3.63) is 30.1 Å². The van der Waals surface area contributed by atoms with E-state index in [9.17, 15) is 9.50 Å². The van der Waals surface area contributed by atoms with Crippen LogP contribution in [0.5, 0.6) is 0 Å². The molecule has 96 valence electrons. The minimum atomic E-state index is -0.549. The van der Waals surface area contributed by atoms with E-state index in [1.165, 1.54) is 12.1 Å². The maximum atomic E-state index is 12.7. The van der Waals surface area contributed by atoms with Crippen molar-refractivity contribution in [1.29, 1.82) is 0 Å². The van der Waals surface area contributed by atoms with E-state index in [2.05, 4.69) is 0 Å². The molecule has 17 heavy (non-hydrogen) atoms. The van der Waals surface area contributed by atoms with E-state index in [0.29, 0.717) is 13.2 Å². The smallest absolute Gasteiger partial charge is 0.123 e. The summed E-state index contributed by atoms with van der Waals surface area (Å²) >= 11 is 0. The first-order chi connectivity index (χ1) is 7.99. The van der Waals surface area contributed by atoms with Crippen molar-refractivity contribution < 1.29 is 14.2 Å².